The summed E-state index contributed by atoms with van der Waals surface area (Å²) in [7, 11) is 2.12. The van der Waals surface area contributed by atoms with Gasteiger partial charge in [0.15, 0.2) is 0 Å². The molecule has 0 aliphatic carbocycles. The molecule has 1 aliphatic rings. The molecule has 0 aromatic carbocycles. The van der Waals surface area contributed by atoms with Gasteiger partial charge in [-0.15, -0.1) is 0 Å². The molecule has 22 heavy (non-hydrogen) atoms. The summed E-state index contributed by atoms with van der Waals surface area (Å²) in [5, 5.41) is 3.47. The highest BCUT2D eigenvalue weighted by Crippen LogP contribution is 2.31. The van der Waals surface area contributed by atoms with Crippen LogP contribution in [0, 0.1) is 0 Å². The fourth-order valence-corrected chi connectivity index (χ4v) is 4.01. The Morgan fingerprint density at radius 2 is 1.36 bits per heavy atom. The first-order valence-electron chi connectivity index (χ1n) is 10.1. The van der Waals surface area contributed by atoms with Gasteiger partial charge in [-0.25, -0.2) is 0 Å². The quantitative estimate of drug-likeness (QED) is 0.487. The van der Waals surface area contributed by atoms with E-state index in [0.717, 1.165) is 6.04 Å². The van der Waals surface area contributed by atoms with Crippen LogP contribution in [-0.4, -0.2) is 36.6 Å². The van der Waals surface area contributed by atoms with Crippen LogP contribution < -0.4 is 5.32 Å². The number of unbranched alkanes of at least 4 members (excludes halogenated alkanes) is 6. The molecule has 0 aromatic heterocycles. The van der Waals surface area contributed by atoms with Crippen LogP contribution in [0.2, 0.25) is 0 Å². The molecule has 1 saturated heterocycles. The SMILES string of the molecule is CCCCCCCC(C)(CCCCC)N1CCC(NC)CC1. The van der Waals surface area contributed by atoms with E-state index in [1.165, 1.54) is 90.1 Å². The van der Waals surface area contributed by atoms with E-state index in [0.29, 0.717) is 5.54 Å². The molecule has 1 unspecified atom stereocenters. The first-order valence-corrected chi connectivity index (χ1v) is 10.1. The van der Waals surface area contributed by atoms with Crippen molar-refractivity contribution in [2.75, 3.05) is 20.1 Å². The number of likely N-dealkylation sites (tertiary alicyclic amines) is 1. The molecule has 1 rings (SSSR count). The Morgan fingerprint density at radius 3 is 1.91 bits per heavy atom. The second kappa shape index (κ2) is 11.5. The molecule has 0 saturated carbocycles. The van der Waals surface area contributed by atoms with Crippen LogP contribution >= 0.6 is 0 Å². The minimum absolute atomic E-state index is 0.458. The summed E-state index contributed by atoms with van der Waals surface area (Å²) < 4.78 is 0. The normalized spacial score (nSPS) is 20.2. The van der Waals surface area contributed by atoms with Crippen molar-refractivity contribution in [3.05, 3.63) is 0 Å². The Labute approximate surface area is 140 Å². The minimum atomic E-state index is 0.458. The van der Waals surface area contributed by atoms with E-state index in [2.05, 4.69) is 38.0 Å². The van der Waals surface area contributed by atoms with Crippen LogP contribution in [0.5, 0.6) is 0 Å². The molecule has 1 aliphatic heterocycles. The van der Waals surface area contributed by atoms with E-state index in [1.54, 1.807) is 0 Å². The topological polar surface area (TPSA) is 15.3 Å². The maximum atomic E-state index is 3.47. The fourth-order valence-electron chi connectivity index (χ4n) is 4.01. The van der Waals surface area contributed by atoms with Crippen molar-refractivity contribution in [1.29, 1.82) is 0 Å². The van der Waals surface area contributed by atoms with Crippen molar-refractivity contribution in [3.8, 4) is 0 Å². The Morgan fingerprint density at radius 1 is 0.864 bits per heavy atom. The maximum absolute atomic E-state index is 3.47. The van der Waals surface area contributed by atoms with E-state index >= 15 is 0 Å². The summed E-state index contributed by atoms with van der Waals surface area (Å²) in [5.74, 6) is 0. The second-order valence-electron chi connectivity index (χ2n) is 7.67. The molecule has 2 nitrogen and oxygen atoms in total. The third kappa shape index (κ3) is 7.00. The summed E-state index contributed by atoms with van der Waals surface area (Å²) in [6.45, 7) is 9.77. The number of rotatable bonds is 12. The zero-order valence-corrected chi connectivity index (χ0v) is 15.9. The lowest BCUT2D eigenvalue weighted by Crippen LogP contribution is -2.52. The fraction of sp³-hybridized carbons (Fsp3) is 1.00. The molecule has 0 aromatic rings. The van der Waals surface area contributed by atoms with Gasteiger partial charge in [0, 0.05) is 24.7 Å². The van der Waals surface area contributed by atoms with E-state index in [-0.39, 0.29) is 0 Å². The van der Waals surface area contributed by atoms with Crippen molar-refractivity contribution >= 4 is 0 Å². The number of nitrogens with zero attached hydrogens (tertiary/aromatic N) is 1. The van der Waals surface area contributed by atoms with Crippen molar-refractivity contribution in [2.24, 2.45) is 0 Å². The molecule has 0 bridgehead atoms. The standard InChI is InChI=1S/C20H42N2/c1-5-7-9-10-12-16-20(3,15-11-8-6-2)22-17-13-19(21-4)14-18-22/h19,21H,5-18H2,1-4H3. The Hall–Kier alpha value is -0.0800. The summed E-state index contributed by atoms with van der Waals surface area (Å²) in [5.41, 5.74) is 0.458. The second-order valence-corrected chi connectivity index (χ2v) is 7.67. The predicted molar refractivity (Wildman–Crippen MR) is 99.6 cm³/mol. The molecule has 0 spiro atoms. The van der Waals surface area contributed by atoms with Gasteiger partial charge in [-0.05, 0) is 39.7 Å². The molecule has 0 amide bonds. The highest BCUT2D eigenvalue weighted by molar-refractivity contribution is 4.90. The van der Waals surface area contributed by atoms with Gasteiger partial charge in [-0.1, -0.05) is 65.2 Å². The summed E-state index contributed by atoms with van der Waals surface area (Å²) in [6.07, 6.45) is 16.7. The van der Waals surface area contributed by atoms with E-state index in [1.807, 2.05) is 0 Å². The third-order valence-corrected chi connectivity index (χ3v) is 5.80. The molecular formula is C20H42N2. The van der Waals surface area contributed by atoms with Crippen molar-refractivity contribution < 1.29 is 0 Å². The highest BCUT2D eigenvalue weighted by atomic mass is 15.2. The molecular weight excluding hydrogens is 268 g/mol. The van der Waals surface area contributed by atoms with Gasteiger partial charge >= 0.3 is 0 Å². The first kappa shape index (κ1) is 20.0. The molecule has 2 heteroatoms. The monoisotopic (exact) mass is 310 g/mol. The van der Waals surface area contributed by atoms with Gasteiger partial charge in [0.1, 0.15) is 0 Å². The molecule has 1 fully saturated rings. The van der Waals surface area contributed by atoms with Crippen LogP contribution in [0.1, 0.15) is 97.8 Å². The van der Waals surface area contributed by atoms with Gasteiger partial charge in [-0.2, -0.15) is 0 Å². The zero-order chi connectivity index (χ0) is 16.3. The molecule has 0 radical (unpaired) electrons. The largest absolute Gasteiger partial charge is 0.317 e. The van der Waals surface area contributed by atoms with Crippen molar-refractivity contribution in [3.63, 3.8) is 0 Å². The first-order chi connectivity index (χ1) is 10.7. The Bertz CT molecular complexity index is 258. The van der Waals surface area contributed by atoms with Crippen LogP contribution in [0.15, 0.2) is 0 Å². The molecule has 1 heterocycles. The average molecular weight is 311 g/mol. The van der Waals surface area contributed by atoms with Crippen LogP contribution in [0.25, 0.3) is 0 Å². The summed E-state index contributed by atoms with van der Waals surface area (Å²) >= 11 is 0. The van der Waals surface area contributed by atoms with Crippen molar-refractivity contribution in [2.45, 2.75) is 109 Å². The van der Waals surface area contributed by atoms with Crippen LogP contribution in [-0.2, 0) is 0 Å². The third-order valence-electron chi connectivity index (χ3n) is 5.80. The summed E-state index contributed by atoms with van der Waals surface area (Å²) in [6, 6.07) is 0.751. The minimum Gasteiger partial charge on any atom is -0.317 e. The predicted octanol–water partition coefficient (Wildman–Crippen LogP) is 5.37. The highest BCUT2D eigenvalue weighted by Gasteiger charge is 2.33. The van der Waals surface area contributed by atoms with Crippen LogP contribution in [0.4, 0.5) is 0 Å². The van der Waals surface area contributed by atoms with Gasteiger partial charge in [0.05, 0.1) is 0 Å². The number of piperidine rings is 1. The van der Waals surface area contributed by atoms with E-state index in [9.17, 15) is 0 Å². The number of nitrogens with one attached hydrogen (secondary N) is 1. The maximum Gasteiger partial charge on any atom is 0.0181 e. The van der Waals surface area contributed by atoms with Crippen molar-refractivity contribution in [1.82, 2.24) is 10.2 Å². The Balaban J connectivity index is 2.46. The average Bonchev–Trinajstić information content (AvgIpc) is 2.55. The van der Waals surface area contributed by atoms with Gasteiger partial charge < -0.3 is 5.32 Å². The summed E-state index contributed by atoms with van der Waals surface area (Å²) in [4.78, 5) is 2.83. The van der Waals surface area contributed by atoms with Gasteiger partial charge in [0.25, 0.3) is 0 Å². The number of hydrogen-bond donors (Lipinski definition) is 1. The van der Waals surface area contributed by atoms with Gasteiger partial charge in [-0.3, -0.25) is 4.90 Å². The molecule has 1 N–H and O–H groups in total. The van der Waals surface area contributed by atoms with Crippen LogP contribution in [0.3, 0.4) is 0 Å². The smallest absolute Gasteiger partial charge is 0.0181 e. The van der Waals surface area contributed by atoms with E-state index in [4.69, 9.17) is 0 Å². The van der Waals surface area contributed by atoms with E-state index < -0.39 is 0 Å². The zero-order valence-electron chi connectivity index (χ0n) is 15.9. The molecule has 1 atom stereocenters. The molecule has 132 valence electrons. The number of hydrogen-bond acceptors (Lipinski definition) is 2. The lowest BCUT2D eigenvalue weighted by molar-refractivity contribution is 0.0522. The Kier molecular flexibility index (Phi) is 10.4. The van der Waals surface area contributed by atoms with Gasteiger partial charge in [0.2, 0.25) is 0 Å². The lowest BCUT2D eigenvalue weighted by Gasteiger charge is -2.45. The lowest BCUT2D eigenvalue weighted by atomic mass is 9.84.